The molecule has 2 aliphatic rings. The van der Waals surface area contributed by atoms with Crippen molar-refractivity contribution >= 4 is 0 Å². The number of ether oxygens (including phenoxy) is 2. The molecule has 0 aromatic rings. The van der Waals surface area contributed by atoms with E-state index in [1.54, 1.807) is 0 Å². The molecular formula is C12H24N2O2. The second-order valence-electron chi connectivity index (χ2n) is 5.40. The highest BCUT2D eigenvalue weighted by Gasteiger charge is 2.27. The number of hydrogen-bond acceptors (Lipinski definition) is 4. The first kappa shape index (κ1) is 12.3. The maximum absolute atomic E-state index is 5.71. The highest BCUT2D eigenvalue weighted by Crippen LogP contribution is 2.16. The van der Waals surface area contributed by atoms with Crippen LogP contribution in [0.25, 0.3) is 0 Å². The van der Waals surface area contributed by atoms with Gasteiger partial charge < -0.3 is 14.8 Å². The zero-order chi connectivity index (χ0) is 11.4. The molecule has 2 rings (SSSR count). The van der Waals surface area contributed by atoms with Gasteiger partial charge in [0.2, 0.25) is 0 Å². The fraction of sp³-hybridized carbons (Fsp3) is 1.00. The molecule has 0 saturated carbocycles. The lowest BCUT2D eigenvalue weighted by atomic mass is 10.1. The molecule has 0 aromatic carbocycles. The second kappa shape index (κ2) is 5.45. The van der Waals surface area contributed by atoms with E-state index < -0.39 is 0 Å². The van der Waals surface area contributed by atoms with E-state index in [2.05, 4.69) is 24.1 Å². The number of nitrogens with one attached hydrogen (secondary N) is 1. The van der Waals surface area contributed by atoms with Crippen LogP contribution >= 0.6 is 0 Å². The van der Waals surface area contributed by atoms with E-state index in [4.69, 9.17) is 9.47 Å². The molecule has 0 spiro atoms. The molecule has 0 aliphatic carbocycles. The Balaban J connectivity index is 1.68. The van der Waals surface area contributed by atoms with Gasteiger partial charge in [-0.2, -0.15) is 0 Å². The van der Waals surface area contributed by atoms with Gasteiger partial charge in [0, 0.05) is 25.7 Å². The Hall–Kier alpha value is -0.160. The minimum absolute atomic E-state index is 0.0226. The van der Waals surface area contributed by atoms with Crippen LogP contribution in [0.3, 0.4) is 0 Å². The standard InChI is InChI=1S/C12H24N2O2/c1-12(2)10-14(6-8-16-12)5-3-11-9-15-7-4-13-11/h11,13H,3-10H2,1-2H3. The molecule has 0 amide bonds. The van der Waals surface area contributed by atoms with Gasteiger partial charge >= 0.3 is 0 Å². The van der Waals surface area contributed by atoms with Crippen LogP contribution in [0.5, 0.6) is 0 Å². The summed E-state index contributed by atoms with van der Waals surface area (Å²) in [6.45, 7) is 11.2. The third-order valence-corrected chi connectivity index (χ3v) is 3.30. The highest BCUT2D eigenvalue weighted by atomic mass is 16.5. The molecule has 4 heteroatoms. The topological polar surface area (TPSA) is 33.7 Å². The first-order valence-electron chi connectivity index (χ1n) is 6.33. The van der Waals surface area contributed by atoms with Gasteiger partial charge in [-0.15, -0.1) is 0 Å². The van der Waals surface area contributed by atoms with Crippen LogP contribution in [0.2, 0.25) is 0 Å². The first-order valence-corrected chi connectivity index (χ1v) is 6.33. The van der Waals surface area contributed by atoms with Crippen LogP contribution in [-0.4, -0.2) is 62.5 Å². The van der Waals surface area contributed by atoms with Gasteiger partial charge in [-0.25, -0.2) is 0 Å². The normalized spacial score (nSPS) is 31.5. The summed E-state index contributed by atoms with van der Waals surface area (Å²) in [6.07, 6.45) is 1.18. The average molecular weight is 228 g/mol. The van der Waals surface area contributed by atoms with E-state index in [1.165, 1.54) is 6.42 Å². The Kier molecular flexibility index (Phi) is 4.19. The lowest BCUT2D eigenvalue weighted by Gasteiger charge is -2.38. The van der Waals surface area contributed by atoms with Gasteiger partial charge in [-0.3, -0.25) is 4.90 Å². The molecule has 1 atom stereocenters. The molecule has 0 aromatic heterocycles. The van der Waals surface area contributed by atoms with Crippen LogP contribution < -0.4 is 5.32 Å². The molecule has 2 fully saturated rings. The Morgan fingerprint density at radius 3 is 2.94 bits per heavy atom. The fourth-order valence-corrected chi connectivity index (χ4v) is 2.45. The second-order valence-corrected chi connectivity index (χ2v) is 5.40. The Bertz CT molecular complexity index is 215. The fourth-order valence-electron chi connectivity index (χ4n) is 2.45. The van der Waals surface area contributed by atoms with Gasteiger partial charge in [0.15, 0.2) is 0 Å². The van der Waals surface area contributed by atoms with Crippen LogP contribution in [0.15, 0.2) is 0 Å². The Morgan fingerprint density at radius 2 is 2.25 bits per heavy atom. The lowest BCUT2D eigenvalue weighted by molar-refractivity contribution is -0.0870. The number of nitrogens with zero attached hydrogens (tertiary/aromatic N) is 1. The first-order chi connectivity index (χ1) is 7.66. The zero-order valence-electron chi connectivity index (χ0n) is 10.5. The summed E-state index contributed by atoms with van der Waals surface area (Å²) in [7, 11) is 0. The Morgan fingerprint density at radius 1 is 1.38 bits per heavy atom. The molecular weight excluding hydrogens is 204 g/mol. The third kappa shape index (κ3) is 3.70. The molecule has 4 nitrogen and oxygen atoms in total. The summed E-state index contributed by atoms with van der Waals surface area (Å²) < 4.78 is 11.2. The maximum atomic E-state index is 5.71. The van der Waals surface area contributed by atoms with Gasteiger partial charge in [0.05, 0.1) is 25.4 Å². The number of hydrogen-bond donors (Lipinski definition) is 1. The summed E-state index contributed by atoms with van der Waals surface area (Å²) in [5, 5.41) is 3.50. The number of rotatable bonds is 3. The minimum Gasteiger partial charge on any atom is -0.379 e. The van der Waals surface area contributed by atoms with E-state index in [-0.39, 0.29) is 5.60 Å². The molecule has 2 saturated heterocycles. The third-order valence-electron chi connectivity index (χ3n) is 3.30. The van der Waals surface area contributed by atoms with Crippen molar-refractivity contribution in [1.82, 2.24) is 10.2 Å². The molecule has 1 N–H and O–H groups in total. The molecule has 1 unspecified atom stereocenters. The molecule has 2 heterocycles. The molecule has 0 bridgehead atoms. The minimum atomic E-state index is 0.0226. The van der Waals surface area contributed by atoms with Crippen molar-refractivity contribution < 1.29 is 9.47 Å². The summed E-state index contributed by atoms with van der Waals surface area (Å²) in [5.41, 5.74) is 0.0226. The summed E-state index contributed by atoms with van der Waals surface area (Å²) >= 11 is 0. The Labute approximate surface area is 98.3 Å². The van der Waals surface area contributed by atoms with Crippen LogP contribution in [0.1, 0.15) is 20.3 Å². The maximum Gasteiger partial charge on any atom is 0.0753 e. The van der Waals surface area contributed by atoms with Crippen LogP contribution in [-0.2, 0) is 9.47 Å². The van der Waals surface area contributed by atoms with Gasteiger partial charge in [0.1, 0.15) is 0 Å². The van der Waals surface area contributed by atoms with Crippen molar-refractivity contribution in [3.05, 3.63) is 0 Å². The predicted octanol–water partition coefficient (Wildman–Crippen LogP) is 0.476. The van der Waals surface area contributed by atoms with Crippen LogP contribution in [0.4, 0.5) is 0 Å². The monoisotopic (exact) mass is 228 g/mol. The highest BCUT2D eigenvalue weighted by molar-refractivity contribution is 4.80. The van der Waals surface area contributed by atoms with E-state index in [0.717, 1.165) is 46.0 Å². The van der Waals surface area contributed by atoms with Crippen molar-refractivity contribution in [3.8, 4) is 0 Å². The smallest absolute Gasteiger partial charge is 0.0753 e. The average Bonchev–Trinajstić information content (AvgIpc) is 2.27. The lowest BCUT2D eigenvalue weighted by Crippen LogP contribution is -2.50. The van der Waals surface area contributed by atoms with Crippen molar-refractivity contribution in [2.24, 2.45) is 0 Å². The van der Waals surface area contributed by atoms with E-state index >= 15 is 0 Å². The van der Waals surface area contributed by atoms with Crippen molar-refractivity contribution in [2.45, 2.75) is 31.9 Å². The molecule has 94 valence electrons. The van der Waals surface area contributed by atoms with Crippen molar-refractivity contribution in [2.75, 3.05) is 46.0 Å². The zero-order valence-corrected chi connectivity index (χ0v) is 10.5. The quantitative estimate of drug-likeness (QED) is 0.761. The number of morpholine rings is 2. The summed E-state index contributed by atoms with van der Waals surface area (Å²) in [6, 6.07) is 0.541. The SMILES string of the molecule is CC1(C)CN(CCC2COCCN2)CCO1. The van der Waals surface area contributed by atoms with Crippen molar-refractivity contribution in [3.63, 3.8) is 0 Å². The largest absolute Gasteiger partial charge is 0.379 e. The van der Waals surface area contributed by atoms with E-state index in [9.17, 15) is 0 Å². The van der Waals surface area contributed by atoms with Gasteiger partial charge in [-0.1, -0.05) is 0 Å². The van der Waals surface area contributed by atoms with E-state index in [1.807, 2.05) is 0 Å². The van der Waals surface area contributed by atoms with Gasteiger partial charge in [0.25, 0.3) is 0 Å². The molecule has 2 aliphatic heterocycles. The molecule has 16 heavy (non-hydrogen) atoms. The summed E-state index contributed by atoms with van der Waals surface area (Å²) in [5.74, 6) is 0. The molecule has 0 radical (unpaired) electrons. The van der Waals surface area contributed by atoms with Crippen LogP contribution in [0, 0.1) is 0 Å². The van der Waals surface area contributed by atoms with Crippen molar-refractivity contribution in [1.29, 1.82) is 0 Å². The summed E-state index contributed by atoms with van der Waals surface area (Å²) in [4.78, 5) is 2.50. The van der Waals surface area contributed by atoms with Gasteiger partial charge in [-0.05, 0) is 26.8 Å². The predicted molar refractivity (Wildman–Crippen MR) is 63.7 cm³/mol. The van der Waals surface area contributed by atoms with E-state index in [0.29, 0.717) is 6.04 Å².